The standard InChI is InChI=1S/C52H37N3/c1-52(2)47-25-23-42(32-46(47)45-24-22-36-10-6-7-17-44(36)50(45)52)40-14-8-13-39(30-40)41-15-9-16-43(31-41)49-33-48(54-51(55-49)38-11-4-3-5-12-38)37-20-18-34(19-21-37)35-26-28-53-29-27-35/h3-33H,1-2H3. The molecular weight excluding hydrogens is 667 g/mol. The van der Waals surface area contributed by atoms with Crippen molar-refractivity contribution in [1.82, 2.24) is 15.0 Å². The van der Waals surface area contributed by atoms with Gasteiger partial charge >= 0.3 is 0 Å². The fourth-order valence-corrected chi connectivity index (χ4v) is 8.37. The van der Waals surface area contributed by atoms with Crippen LogP contribution in [0.1, 0.15) is 25.0 Å². The van der Waals surface area contributed by atoms with Gasteiger partial charge in [0, 0.05) is 34.5 Å². The van der Waals surface area contributed by atoms with Crippen LogP contribution in [-0.2, 0) is 5.41 Å². The summed E-state index contributed by atoms with van der Waals surface area (Å²) in [5, 5.41) is 2.64. The molecule has 260 valence electrons. The maximum Gasteiger partial charge on any atom is 0.160 e. The van der Waals surface area contributed by atoms with Crippen LogP contribution in [0.15, 0.2) is 188 Å². The summed E-state index contributed by atoms with van der Waals surface area (Å²) in [6.07, 6.45) is 3.65. The Hall–Kier alpha value is -6.97. The number of hydrogen-bond acceptors (Lipinski definition) is 3. The van der Waals surface area contributed by atoms with E-state index in [1.54, 1.807) is 0 Å². The van der Waals surface area contributed by atoms with Crippen LogP contribution in [0.4, 0.5) is 0 Å². The first kappa shape index (κ1) is 32.7. The van der Waals surface area contributed by atoms with Crippen molar-refractivity contribution in [3.63, 3.8) is 0 Å². The van der Waals surface area contributed by atoms with Crippen LogP contribution >= 0.6 is 0 Å². The van der Waals surface area contributed by atoms with Crippen LogP contribution in [-0.4, -0.2) is 15.0 Å². The highest BCUT2D eigenvalue weighted by Gasteiger charge is 2.36. The lowest BCUT2D eigenvalue weighted by atomic mass is 9.80. The molecule has 0 saturated heterocycles. The Balaban J connectivity index is 1.02. The lowest BCUT2D eigenvalue weighted by Crippen LogP contribution is -2.15. The Morgan fingerprint density at radius 3 is 1.69 bits per heavy atom. The molecule has 0 aliphatic heterocycles. The van der Waals surface area contributed by atoms with Crippen molar-refractivity contribution in [3.8, 4) is 78.4 Å². The molecule has 3 nitrogen and oxygen atoms in total. The number of hydrogen-bond donors (Lipinski definition) is 0. The molecule has 0 bridgehead atoms. The van der Waals surface area contributed by atoms with Gasteiger partial charge < -0.3 is 0 Å². The summed E-state index contributed by atoms with van der Waals surface area (Å²) < 4.78 is 0. The summed E-state index contributed by atoms with van der Waals surface area (Å²) in [7, 11) is 0. The van der Waals surface area contributed by atoms with E-state index in [2.05, 4.69) is 164 Å². The molecule has 0 amide bonds. The van der Waals surface area contributed by atoms with E-state index in [-0.39, 0.29) is 5.41 Å². The summed E-state index contributed by atoms with van der Waals surface area (Å²) in [5.74, 6) is 0.702. The van der Waals surface area contributed by atoms with E-state index in [0.717, 1.165) is 50.3 Å². The summed E-state index contributed by atoms with van der Waals surface area (Å²) in [6.45, 7) is 4.72. The van der Waals surface area contributed by atoms with Crippen molar-refractivity contribution in [2.45, 2.75) is 19.3 Å². The smallest absolute Gasteiger partial charge is 0.160 e. The van der Waals surface area contributed by atoms with Crippen LogP contribution in [0.25, 0.3) is 89.2 Å². The largest absolute Gasteiger partial charge is 0.265 e. The molecule has 1 aliphatic rings. The van der Waals surface area contributed by atoms with Crippen molar-refractivity contribution in [2.75, 3.05) is 0 Å². The zero-order valence-electron chi connectivity index (χ0n) is 30.7. The predicted octanol–water partition coefficient (Wildman–Crippen LogP) is 13.3. The average Bonchev–Trinajstić information content (AvgIpc) is 3.49. The molecule has 0 fully saturated rings. The first-order valence-corrected chi connectivity index (χ1v) is 18.8. The number of aromatic nitrogens is 3. The third-order valence-electron chi connectivity index (χ3n) is 11.2. The van der Waals surface area contributed by atoms with Crippen LogP contribution in [0.2, 0.25) is 0 Å². The minimum atomic E-state index is -0.0723. The Bertz CT molecular complexity index is 2870. The monoisotopic (exact) mass is 703 g/mol. The Labute approximate surface area is 321 Å². The van der Waals surface area contributed by atoms with Gasteiger partial charge in [0.2, 0.25) is 0 Å². The molecule has 0 saturated carbocycles. The molecule has 7 aromatic carbocycles. The van der Waals surface area contributed by atoms with E-state index in [9.17, 15) is 0 Å². The molecule has 0 atom stereocenters. The van der Waals surface area contributed by atoms with Gasteiger partial charge in [-0.15, -0.1) is 0 Å². The van der Waals surface area contributed by atoms with Crippen molar-refractivity contribution in [1.29, 1.82) is 0 Å². The van der Waals surface area contributed by atoms with Gasteiger partial charge in [-0.1, -0.05) is 153 Å². The average molecular weight is 704 g/mol. The highest BCUT2D eigenvalue weighted by Crippen LogP contribution is 2.52. The molecule has 0 unspecified atom stereocenters. The molecule has 10 rings (SSSR count). The Morgan fingerprint density at radius 1 is 0.382 bits per heavy atom. The van der Waals surface area contributed by atoms with E-state index >= 15 is 0 Å². The van der Waals surface area contributed by atoms with Gasteiger partial charge in [-0.2, -0.15) is 0 Å². The van der Waals surface area contributed by atoms with Crippen molar-refractivity contribution in [3.05, 3.63) is 199 Å². The zero-order valence-corrected chi connectivity index (χ0v) is 30.7. The van der Waals surface area contributed by atoms with E-state index in [4.69, 9.17) is 9.97 Å². The van der Waals surface area contributed by atoms with Crippen LogP contribution in [0, 0.1) is 0 Å². The number of nitrogens with zero attached hydrogens (tertiary/aromatic N) is 3. The molecule has 0 radical (unpaired) electrons. The van der Waals surface area contributed by atoms with Crippen LogP contribution in [0.3, 0.4) is 0 Å². The molecule has 55 heavy (non-hydrogen) atoms. The molecule has 3 heteroatoms. The van der Waals surface area contributed by atoms with Gasteiger partial charge in [0.15, 0.2) is 5.82 Å². The topological polar surface area (TPSA) is 38.7 Å². The number of benzene rings is 7. The van der Waals surface area contributed by atoms with E-state index < -0.39 is 0 Å². The molecule has 9 aromatic rings. The van der Waals surface area contributed by atoms with Gasteiger partial charge in [-0.25, -0.2) is 9.97 Å². The summed E-state index contributed by atoms with van der Waals surface area (Å²) >= 11 is 0. The third-order valence-corrected chi connectivity index (χ3v) is 11.2. The Morgan fingerprint density at radius 2 is 0.945 bits per heavy atom. The maximum absolute atomic E-state index is 5.13. The quantitative estimate of drug-likeness (QED) is 0.173. The predicted molar refractivity (Wildman–Crippen MR) is 228 cm³/mol. The lowest BCUT2D eigenvalue weighted by Gasteiger charge is -2.23. The second-order valence-corrected chi connectivity index (χ2v) is 14.9. The van der Waals surface area contributed by atoms with Gasteiger partial charge in [0.05, 0.1) is 11.4 Å². The molecule has 2 heterocycles. The van der Waals surface area contributed by atoms with E-state index in [1.165, 1.54) is 44.2 Å². The van der Waals surface area contributed by atoms with Gasteiger partial charge in [-0.3, -0.25) is 4.98 Å². The third kappa shape index (κ3) is 5.82. The zero-order chi connectivity index (χ0) is 36.9. The highest BCUT2D eigenvalue weighted by molar-refractivity contribution is 5.98. The lowest BCUT2D eigenvalue weighted by molar-refractivity contribution is 0.666. The highest BCUT2D eigenvalue weighted by atomic mass is 14.9. The molecule has 1 aliphatic carbocycles. The molecule has 0 N–H and O–H groups in total. The number of fused-ring (bicyclic) bond motifs is 5. The van der Waals surface area contributed by atoms with Crippen molar-refractivity contribution >= 4 is 10.8 Å². The second kappa shape index (κ2) is 13.2. The SMILES string of the molecule is CC1(C)c2ccc(-c3cccc(-c4cccc(-c5cc(-c6ccc(-c7ccncc7)cc6)nc(-c6ccccc6)n5)c4)c3)cc2-c2ccc3ccccc3c21. The van der Waals surface area contributed by atoms with E-state index in [0.29, 0.717) is 5.82 Å². The molecule has 2 aromatic heterocycles. The van der Waals surface area contributed by atoms with Gasteiger partial charge in [0.1, 0.15) is 0 Å². The minimum Gasteiger partial charge on any atom is -0.265 e. The Kier molecular flexibility index (Phi) is 7.81. The number of pyridine rings is 1. The molecular formula is C52H37N3. The first-order chi connectivity index (χ1) is 27.0. The van der Waals surface area contributed by atoms with Gasteiger partial charge in [0.25, 0.3) is 0 Å². The fourth-order valence-electron chi connectivity index (χ4n) is 8.37. The first-order valence-electron chi connectivity index (χ1n) is 18.8. The number of rotatable bonds is 6. The normalized spacial score (nSPS) is 12.7. The van der Waals surface area contributed by atoms with Crippen LogP contribution in [0.5, 0.6) is 0 Å². The summed E-state index contributed by atoms with van der Waals surface area (Å²) in [5.41, 5.74) is 17.2. The van der Waals surface area contributed by atoms with Crippen molar-refractivity contribution < 1.29 is 0 Å². The van der Waals surface area contributed by atoms with Gasteiger partial charge in [-0.05, 0) is 103 Å². The molecule has 0 spiro atoms. The van der Waals surface area contributed by atoms with Crippen molar-refractivity contribution in [2.24, 2.45) is 0 Å². The summed E-state index contributed by atoms with van der Waals surface area (Å²) in [4.78, 5) is 14.4. The fraction of sp³-hybridized carbons (Fsp3) is 0.0577. The van der Waals surface area contributed by atoms with Crippen LogP contribution < -0.4 is 0 Å². The second-order valence-electron chi connectivity index (χ2n) is 14.9. The summed E-state index contributed by atoms with van der Waals surface area (Å²) in [6, 6.07) is 62.9. The maximum atomic E-state index is 5.13. The van der Waals surface area contributed by atoms with E-state index in [1.807, 2.05) is 42.7 Å². The minimum absolute atomic E-state index is 0.0723.